The van der Waals surface area contributed by atoms with Gasteiger partial charge in [0.25, 0.3) is 0 Å². The number of hydrogen-bond acceptors (Lipinski definition) is 2. The summed E-state index contributed by atoms with van der Waals surface area (Å²) in [5.74, 6) is 0.415. The molecule has 0 aromatic carbocycles. The van der Waals surface area contributed by atoms with Gasteiger partial charge in [0.05, 0.1) is 15.5 Å². The maximum atomic E-state index is 7.55. The second-order valence-corrected chi connectivity index (χ2v) is 2.57. The fourth-order valence-corrected chi connectivity index (χ4v) is 0.869. The van der Waals surface area contributed by atoms with Gasteiger partial charge >= 0.3 is 0 Å². The van der Waals surface area contributed by atoms with Crippen molar-refractivity contribution in [3.8, 4) is 5.75 Å². The molecule has 0 aliphatic rings. The molecule has 1 aromatic heterocycles. The van der Waals surface area contributed by atoms with Gasteiger partial charge in [-0.3, -0.25) is 4.98 Å². The second-order valence-electron chi connectivity index (χ2n) is 1.78. The number of pyridine rings is 1. The second kappa shape index (κ2) is 3.01. The van der Waals surface area contributed by atoms with Crippen LogP contribution < -0.4 is 4.74 Å². The van der Waals surface area contributed by atoms with Crippen LogP contribution in [0.2, 0.25) is 0 Å². The number of hydrogen-bond donors (Lipinski definition) is 0. The standard InChI is InChI=1S/C7H8BrNO/c1-5-7(10-2)3-6(8)4-9-5/h3-4H,1-2H3/i3D,4D. The summed E-state index contributed by atoms with van der Waals surface area (Å²) in [4.78, 5) is 3.88. The molecule has 0 saturated heterocycles. The van der Waals surface area contributed by atoms with Gasteiger partial charge in [-0.15, -0.1) is 0 Å². The van der Waals surface area contributed by atoms with E-state index >= 15 is 0 Å². The van der Waals surface area contributed by atoms with E-state index in [9.17, 15) is 0 Å². The molecule has 3 heteroatoms. The van der Waals surface area contributed by atoms with E-state index in [1.165, 1.54) is 7.11 Å². The first-order valence-corrected chi connectivity index (χ1v) is 3.54. The normalized spacial score (nSPS) is 12.3. The molecule has 0 radical (unpaired) electrons. The Balaban J connectivity index is 3.40. The molecule has 0 aliphatic carbocycles. The van der Waals surface area contributed by atoms with Crippen LogP contribution in [-0.4, -0.2) is 12.1 Å². The van der Waals surface area contributed by atoms with Gasteiger partial charge in [-0.1, -0.05) is 0 Å². The molecule has 0 spiro atoms. The Labute approximate surface area is 71.2 Å². The van der Waals surface area contributed by atoms with E-state index in [2.05, 4.69) is 20.9 Å². The highest BCUT2D eigenvalue weighted by molar-refractivity contribution is 9.10. The quantitative estimate of drug-likeness (QED) is 0.699. The largest absolute Gasteiger partial charge is 0.495 e. The zero-order valence-corrected chi connectivity index (χ0v) is 7.32. The summed E-state index contributed by atoms with van der Waals surface area (Å²) in [6.07, 6.45) is 0.0679. The van der Waals surface area contributed by atoms with Crippen molar-refractivity contribution in [3.05, 3.63) is 22.4 Å². The maximum Gasteiger partial charge on any atom is 0.141 e. The number of ether oxygens (including phenoxy) is 1. The van der Waals surface area contributed by atoms with E-state index < -0.39 is 0 Å². The molecule has 1 rings (SSSR count). The average Bonchev–Trinajstić information content (AvgIpc) is 2.01. The van der Waals surface area contributed by atoms with Crippen LogP contribution >= 0.6 is 15.9 Å². The van der Waals surface area contributed by atoms with Crippen molar-refractivity contribution < 1.29 is 7.48 Å². The minimum atomic E-state index is 0.0679. The van der Waals surface area contributed by atoms with Gasteiger partial charge in [0.1, 0.15) is 5.75 Å². The average molecular weight is 204 g/mol. The van der Waals surface area contributed by atoms with E-state index in [4.69, 9.17) is 7.48 Å². The number of rotatable bonds is 1. The zero-order valence-electron chi connectivity index (χ0n) is 7.73. The Morgan fingerprint density at radius 1 is 1.80 bits per heavy atom. The van der Waals surface area contributed by atoms with Crippen molar-refractivity contribution in [2.24, 2.45) is 0 Å². The van der Waals surface area contributed by atoms with E-state index in [1.54, 1.807) is 6.92 Å². The van der Waals surface area contributed by atoms with Gasteiger partial charge in [-0.05, 0) is 28.9 Å². The Hall–Kier alpha value is -0.570. The molecule has 0 amide bonds. The van der Waals surface area contributed by atoms with Crippen LogP contribution in [0.25, 0.3) is 0 Å². The lowest BCUT2D eigenvalue weighted by Gasteiger charge is -2.01. The van der Waals surface area contributed by atoms with Crippen LogP contribution in [0.5, 0.6) is 5.75 Å². The summed E-state index contributed by atoms with van der Waals surface area (Å²) in [6, 6.07) is 0.176. The molecule has 0 unspecified atom stereocenters. The molecule has 0 N–H and O–H groups in total. The van der Waals surface area contributed by atoms with Crippen LogP contribution in [0.3, 0.4) is 0 Å². The molecule has 0 saturated carbocycles. The number of aromatic nitrogens is 1. The zero-order chi connectivity index (χ0) is 9.30. The number of methoxy groups -OCH3 is 1. The molecule has 0 atom stereocenters. The minimum absolute atomic E-state index is 0.0679. The van der Waals surface area contributed by atoms with Crippen LogP contribution in [-0.2, 0) is 0 Å². The van der Waals surface area contributed by atoms with Gasteiger partial charge in [0.15, 0.2) is 0 Å². The van der Waals surface area contributed by atoms with Crippen LogP contribution in [0.4, 0.5) is 0 Å². The molecular formula is C7H8BrNO. The van der Waals surface area contributed by atoms with Gasteiger partial charge in [0, 0.05) is 10.6 Å². The van der Waals surface area contributed by atoms with E-state index in [0.717, 1.165) is 0 Å². The molecule has 10 heavy (non-hydrogen) atoms. The number of aryl methyl sites for hydroxylation is 1. The van der Waals surface area contributed by atoms with Gasteiger partial charge in [0.2, 0.25) is 0 Å². The smallest absolute Gasteiger partial charge is 0.141 e. The summed E-state index contributed by atoms with van der Waals surface area (Å²) in [6.45, 7) is 1.71. The summed E-state index contributed by atoms with van der Waals surface area (Å²) in [7, 11) is 1.48. The van der Waals surface area contributed by atoms with Crippen molar-refractivity contribution in [2.45, 2.75) is 6.92 Å². The predicted molar refractivity (Wildman–Crippen MR) is 43.2 cm³/mol. The first-order valence-electron chi connectivity index (χ1n) is 3.75. The molecule has 2 nitrogen and oxygen atoms in total. The summed E-state index contributed by atoms with van der Waals surface area (Å²) >= 11 is 3.09. The number of nitrogens with zero attached hydrogens (tertiary/aromatic N) is 1. The van der Waals surface area contributed by atoms with Crippen LogP contribution in [0.15, 0.2) is 16.7 Å². The van der Waals surface area contributed by atoms with E-state index in [0.29, 0.717) is 15.9 Å². The summed E-state index contributed by atoms with van der Waals surface area (Å²) < 4.78 is 20.2. The lowest BCUT2D eigenvalue weighted by Crippen LogP contribution is -1.89. The highest BCUT2D eigenvalue weighted by Gasteiger charge is 1.97. The topological polar surface area (TPSA) is 22.1 Å². The number of halogens is 1. The summed E-state index contributed by atoms with van der Waals surface area (Å²) in [5.41, 5.74) is 0.565. The lowest BCUT2D eigenvalue weighted by atomic mass is 10.3. The van der Waals surface area contributed by atoms with Gasteiger partial charge in [-0.2, -0.15) is 0 Å². The molecule has 0 fully saturated rings. The molecule has 54 valence electrons. The van der Waals surface area contributed by atoms with Crippen molar-refractivity contribution in [1.82, 2.24) is 4.98 Å². The van der Waals surface area contributed by atoms with Crippen molar-refractivity contribution in [2.75, 3.05) is 7.11 Å². The summed E-state index contributed by atoms with van der Waals surface area (Å²) in [5, 5.41) is 0. The third-order valence-electron chi connectivity index (χ3n) is 1.08. The Morgan fingerprint density at radius 3 is 3.10 bits per heavy atom. The Bertz CT molecular complexity index is 317. The van der Waals surface area contributed by atoms with Gasteiger partial charge in [-0.25, -0.2) is 0 Å². The Morgan fingerprint density at radius 2 is 2.50 bits per heavy atom. The molecule has 1 aromatic rings. The molecule has 0 bridgehead atoms. The maximum absolute atomic E-state index is 7.55. The van der Waals surface area contributed by atoms with E-state index in [-0.39, 0.29) is 12.2 Å². The first-order chi connectivity index (χ1) is 5.57. The SMILES string of the molecule is [2H]c1nc(C)c(OC)c([2H])c1Br. The lowest BCUT2D eigenvalue weighted by molar-refractivity contribution is 0.409. The van der Waals surface area contributed by atoms with Crippen molar-refractivity contribution in [1.29, 1.82) is 0 Å². The highest BCUT2D eigenvalue weighted by Crippen LogP contribution is 2.19. The van der Waals surface area contributed by atoms with Gasteiger partial charge < -0.3 is 4.74 Å². The highest BCUT2D eigenvalue weighted by atomic mass is 79.9. The predicted octanol–water partition coefficient (Wildman–Crippen LogP) is 2.16. The van der Waals surface area contributed by atoms with Crippen molar-refractivity contribution in [3.63, 3.8) is 0 Å². The third kappa shape index (κ3) is 1.48. The van der Waals surface area contributed by atoms with Crippen molar-refractivity contribution >= 4 is 15.9 Å². The van der Waals surface area contributed by atoms with Crippen LogP contribution in [0, 0.1) is 6.92 Å². The molecule has 1 heterocycles. The van der Waals surface area contributed by atoms with E-state index in [1.807, 2.05) is 0 Å². The van der Waals surface area contributed by atoms with Crippen LogP contribution in [0.1, 0.15) is 8.44 Å². The fourth-order valence-electron chi connectivity index (χ4n) is 0.601. The fraction of sp³-hybridized carbons (Fsp3) is 0.286. The monoisotopic (exact) mass is 203 g/mol. The molecule has 0 aliphatic heterocycles. The third-order valence-corrected chi connectivity index (χ3v) is 1.45. The molecular weight excluding hydrogens is 194 g/mol. The first kappa shape index (κ1) is 5.13. The minimum Gasteiger partial charge on any atom is -0.495 e. The Kier molecular flexibility index (Phi) is 1.55.